The predicted octanol–water partition coefficient (Wildman–Crippen LogP) is 3.51. The van der Waals surface area contributed by atoms with E-state index < -0.39 is 0 Å². The fourth-order valence-corrected chi connectivity index (χ4v) is 2.84. The zero-order chi connectivity index (χ0) is 12.3. The summed E-state index contributed by atoms with van der Waals surface area (Å²) >= 11 is 0. The Hall–Kier alpha value is -1.02. The first-order chi connectivity index (χ1) is 8.24. The van der Waals surface area contributed by atoms with Gasteiger partial charge in [-0.3, -0.25) is 0 Å². The highest BCUT2D eigenvalue weighted by Gasteiger charge is 2.23. The van der Waals surface area contributed by atoms with Gasteiger partial charge in [-0.1, -0.05) is 25.1 Å². The van der Waals surface area contributed by atoms with E-state index in [1.54, 1.807) is 0 Å². The molecular formula is C15H23NO. The van der Waals surface area contributed by atoms with E-state index in [0.29, 0.717) is 6.04 Å². The van der Waals surface area contributed by atoms with Gasteiger partial charge in [0.1, 0.15) is 0 Å². The maximum atomic E-state index is 9.87. The van der Waals surface area contributed by atoms with Gasteiger partial charge in [0.15, 0.2) is 0 Å². The van der Waals surface area contributed by atoms with Crippen molar-refractivity contribution >= 4 is 5.69 Å². The monoisotopic (exact) mass is 233 g/mol. The van der Waals surface area contributed by atoms with Crippen LogP contribution < -0.4 is 4.90 Å². The number of benzene rings is 1. The minimum atomic E-state index is -0.384. The van der Waals surface area contributed by atoms with E-state index in [-0.39, 0.29) is 6.10 Å². The average Bonchev–Trinajstić information content (AvgIpc) is 2.38. The second-order valence-electron chi connectivity index (χ2n) is 4.99. The molecule has 17 heavy (non-hydrogen) atoms. The quantitative estimate of drug-likeness (QED) is 0.863. The smallest absolute Gasteiger partial charge is 0.0781 e. The molecule has 0 aromatic heterocycles. The van der Waals surface area contributed by atoms with Crippen LogP contribution in [0.15, 0.2) is 24.3 Å². The van der Waals surface area contributed by atoms with Crippen molar-refractivity contribution in [1.82, 2.24) is 0 Å². The molecule has 1 saturated heterocycles. The molecule has 0 radical (unpaired) electrons. The standard InChI is InChI=1S/C15H23NO/c1-3-13-8-6-7-11-16(13)15-10-5-4-9-14(15)12(2)17/h4-5,9-10,12-13,17H,3,6-8,11H2,1-2H3/t12-,13?/m1/s1. The molecule has 2 nitrogen and oxygen atoms in total. The molecule has 1 aliphatic rings. The minimum Gasteiger partial charge on any atom is -0.389 e. The number of anilines is 1. The molecule has 2 atom stereocenters. The van der Waals surface area contributed by atoms with Gasteiger partial charge >= 0.3 is 0 Å². The molecule has 1 fully saturated rings. The molecule has 0 aliphatic carbocycles. The first-order valence-electron chi connectivity index (χ1n) is 6.77. The molecule has 2 rings (SSSR count). The Labute approximate surface area is 104 Å². The van der Waals surface area contributed by atoms with Gasteiger partial charge in [0.25, 0.3) is 0 Å². The average molecular weight is 233 g/mol. The van der Waals surface area contributed by atoms with E-state index in [1.165, 1.54) is 31.4 Å². The Morgan fingerprint density at radius 3 is 2.82 bits per heavy atom. The summed E-state index contributed by atoms with van der Waals surface area (Å²) in [4.78, 5) is 2.49. The Kier molecular flexibility index (Phi) is 4.06. The van der Waals surface area contributed by atoms with Gasteiger partial charge in [0.2, 0.25) is 0 Å². The third-order valence-corrected chi connectivity index (χ3v) is 3.79. The van der Waals surface area contributed by atoms with Gasteiger partial charge in [-0.25, -0.2) is 0 Å². The minimum absolute atomic E-state index is 0.384. The highest BCUT2D eigenvalue weighted by atomic mass is 16.3. The molecule has 94 valence electrons. The maximum Gasteiger partial charge on any atom is 0.0781 e. The highest BCUT2D eigenvalue weighted by Crippen LogP contribution is 2.32. The molecule has 1 aromatic carbocycles. The van der Waals surface area contributed by atoms with Crippen LogP contribution in [0.2, 0.25) is 0 Å². The lowest BCUT2D eigenvalue weighted by Crippen LogP contribution is -2.39. The molecule has 1 aromatic rings. The van der Waals surface area contributed by atoms with Gasteiger partial charge in [-0.2, -0.15) is 0 Å². The Morgan fingerprint density at radius 2 is 2.12 bits per heavy atom. The summed E-state index contributed by atoms with van der Waals surface area (Å²) in [6, 6.07) is 8.92. The Balaban J connectivity index is 2.31. The lowest BCUT2D eigenvalue weighted by atomic mass is 9.97. The summed E-state index contributed by atoms with van der Waals surface area (Å²) in [6.07, 6.45) is 4.69. The van der Waals surface area contributed by atoms with Crippen LogP contribution in [0.3, 0.4) is 0 Å². The molecule has 1 unspecified atom stereocenters. The predicted molar refractivity (Wildman–Crippen MR) is 72.4 cm³/mol. The molecule has 2 heteroatoms. The van der Waals surface area contributed by atoms with E-state index in [4.69, 9.17) is 0 Å². The SMILES string of the molecule is CCC1CCCCN1c1ccccc1[C@@H](C)O. The van der Waals surface area contributed by atoms with Crippen molar-refractivity contribution in [3.05, 3.63) is 29.8 Å². The zero-order valence-corrected chi connectivity index (χ0v) is 10.9. The van der Waals surface area contributed by atoms with Crippen LogP contribution in [-0.2, 0) is 0 Å². The molecule has 1 N–H and O–H groups in total. The topological polar surface area (TPSA) is 23.5 Å². The van der Waals surface area contributed by atoms with Gasteiger partial charge in [-0.05, 0) is 38.7 Å². The fourth-order valence-electron chi connectivity index (χ4n) is 2.84. The number of hydrogen-bond donors (Lipinski definition) is 1. The van der Waals surface area contributed by atoms with E-state index in [1.807, 2.05) is 19.1 Å². The van der Waals surface area contributed by atoms with Gasteiger partial charge in [0.05, 0.1) is 6.10 Å². The number of para-hydroxylation sites is 1. The number of nitrogens with zero attached hydrogens (tertiary/aromatic N) is 1. The largest absolute Gasteiger partial charge is 0.389 e. The second-order valence-corrected chi connectivity index (χ2v) is 4.99. The van der Waals surface area contributed by atoms with E-state index >= 15 is 0 Å². The van der Waals surface area contributed by atoms with Crippen molar-refractivity contribution in [1.29, 1.82) is 0 Å². The van der Waals surface area contributed by atoms with Crippen LogP contribution in [0.5, 0.6) is 0 Å². The highest BCUT2D eigenvalue weighted by molar-refractivity contribution is 5.55. The lowest BCUT2D eigenvalue weighted by molar-refractivity contribution is 0.199. The summed E-state index contributed by atoms with van der Waals surface area (Å²) in [6.45, 7) is 5.24. The molecule has 1 aliphatic heterocycles. The first-order valence-corrected chi connectivity index (χ1v) is 6.77. The number of hydrogen-bond acceptors (Lipinski definition) is 2. The van der Waals surface area contributed by atoms with Crippen LogP contribution in [0, 0.1) is 0 Å². The Morgan fingerprint density at radius 1 is 1.35 bits per heavy atom. The van der Waals surface area contributed by atoms with Crippen LogP contribution in [0.4, 0.5) is 5.69 Å². The molecule has 0 spiro atoms. The molecule has 1 heterocycles. The molecule has 0 saturated carbocycles. The molecule has 0 amide bonds. The maximum absolute atomic E-state index is 9.87. The Bertz CT molecular complexity index is 362. The zero-order valence-electron chi connectivity index (χ0n) is 10.9. The summed E-state index contributed by atoms with van der Waals surface area (Å²) in [5, 5.41) is 9.87. The van der Waals surface area contributed by atoms with Crippen LogP contribution in [0.1, 0.15) is 51.2 Å². The van der Waals surface area contributed by atoms with Crippen molar-refractivity contribution in [2.45, 2.75) is 51.7 Å². The van der Waals surface area contributed by atoms with E-state index in [2.05, 4.69) is 24.0 Å². The number of aliphatic hydroxyl groups excluding tert-OH is 1. The summed E-state index contributed by atoms with van der Waals surface area (Å²) in [7, 11) is 0. The fraction of sp³-hybridized carbons (Fsp3) is 0.600. The normalized spacial score (nSPS) is 22.5. The summed E-state index contributed by atoms with van der Waals surface area (Å²) in [5.74, 6) is 0. The first kappa shape index (κ1) is 12.4. The summed E-state index contributed by atoms with van der Waals surface area (Å²) < 4.78 is 0. The van der Waals surface area contributed by atoms with Gasteiger partial charge in [0, 0.05) is 23.8 Å². The van der Waals surface area contributed by atoms with Crippen LogP contribution >= 0.6 is 0 Å². The van der Waals surface area contributed by atoms with Crippen molar-refractivity contribution in [2.24, 2.45) is 0 Å². The van der Waals surface area contributed by atoms with Crippen molar-refractivity contribution in [2.75, 3.05) is 11.4 Å². The van der Waals surface area contributed by atoms with E-state index in [0.717, 1.165) is 12.1 Å². The molecule has 0 bridgehead atoms. The number of rotatable bonds is 3. The van der Waals surface area contributed by atoms with Crippen molar-refractivity contribution in [3.8, 4) is 0 Å². The van der Waals surface area contributed by atoms with Gasteiger partial charge in [-0.15, -0.1) is 0 Å². The number of aliphatic hydroxyl groups is 1. The third kappa shape index (κ3) is 2.63. The van der Waals surface area contributed by atoms with Crippen molar-refractivity contribution in [3.63, 3.8) is 0 Å². The van der Waals surface area contributed by atoms with Crippen molar-refractivity contribution < 1.29 is 5.11 Å². The lowest BCUT2D eigenvalue weighted by Gasteiger charge is -2.38. The second kappa shape index (κ2) is 5.54. The van der Waals surface area contributed by atoms with Crippen LogP contribution in [-0.4, -0.2) is 17.7 Å². The molecular weight excluding hydrogens is 210 g/mol. The summed E-state index contributed by atoms with van der Waals surface area (Å²) in [5.41, 5.74) is 2.29. The van der Waals surface area contributed by atoms with Crippen LogP contribution in [0.25, 0.3) is 0 Å². The van der Waals surface area contributed by atoms with E-state index in [9.17, 15) is 5.11 Å². The third-order valence-electron chi connectivity index (χ3n) is 3.79. The number of piperidine rings is 1. The van der Waals surface area contributed by atoms with Gasteiger partial charge < -0.3 is 10.0 Å².